The molecule has 0 heterocycles. The van der Waals surface area contributed by atoms with E-state index in [4.69, 9.17) is 0 Å². The summed E-state index contributed by atoms with van der Waals surface area (Å²) in [5.74, 6) is -1.76. The highest BCUT2D eigenvalue weighted by molar-refractivity contribution is 7.89. The van der Waals surface area contributed by atoms with Gasteiger partial charge in [0.25, 0.3) is 0 Å². The lowest BCUT2D eigenvalue weighted by Crippen LogP contribution is -2.38. The van der Waals surface area contributed by atoms with Crippen LogP contribution in [0.15, 0.2) is 23.1 Å². The van der Waals surface area contributed by atoms with E-state index in [9.17, 15) is 17.2 Å². The second-order valence-corrected chi connectivity index (χ2v) is 6.92. The van der Waals surface area contributed by atoms with Gasteiger partial charge in [-0.2, -0.15) is 4.31 Å². The molecule has 1 saturated carbocycles. The van der Waals surface area contributed by atoms with Crippen LogP contribution in [0.3, 0.4) is 0 Å². The zero-order valence-corrected chi connectivity index (χ0v) is 11.6. The van der Waals surface area contributed by atoms with Gasteiger partial charge in [-0.05, 0) is 25.0 Å². The number of halogens is 2. The molecule has 0 aromatic heterocycles. The quantitative estimate of drug-likeness (QED) is 0.858. The van der Waals surface area contributed by atoms with Crippen molar-refractivity contribution in [3.63, 3.8) is 0 Å². The first-order valence-electron chi connectivity index (χ1n) is 6.35. The van der Waals surface area contributed by atoms with Crippen molar-refractivity contribution in [2.75, 3.05) is 7.05 Å². The lowest BCUT2D eigenvalue weighted by molar-refractivity contribution is 0.285. The van der Waals surface area contributed by atoms with Gasteiger partial charge in [-0.1, -0.05) is 19.3 Å². The Balaban J connectivity index is 2.30. The number of nitrogens with zero attached hydrogens (tertiary/aromatic N) is 1. The summed E-state index contributed by atoms with van der Waals surface area (Å²) in [7, 11) is -2.35. The Bertz CT molecular complexity index is 534. The summed E-state index contributed by atoms with van der Waals surface area (Å²) in [6, 6.07) is 2.31. The van der Waals surface area contributed by atoms with Gasteiger partial charge in [0.15, 0.2) is 0 Å². The molecule has 0 saturated heterocycles. The molecule has 0 N–H and O–H groups in total. The van der Waals surface area contributed by atoms with Crippen LogP contribution >= 0.6 is 0 Å². The van der Waals surface area contributed by atoms with Gasteiger partial charge in [0.2, 0.25) is 10.0 Å². The molecule has 0 unspecified atom stereocenters. The topological polar surface area (TPSA) is 37.4 Å². The smallest absolute Gasteiger partial charge is 0.207 e. The maximum Gasteiger partial charge on any atom is 0.243 e. The first-order valence-corrected chi connectivity index (χ1v) is 7.79. The third-order valence-electron chi connectivity index (χ3n) is 3.60. The Morgan fingerprint density at radius 3 is 2.11 bits per heavy atom. The minimum Gasteiger partial charge on any atom is -0.207 e. The number of benzene rings is 1. The van der Waals surface area contributed by atoms with E-state index in [1.165, 1.54) is 11.4 Å². The summed E-state index contributed by atoms with van der Waals surface area (Å²) in [6.07, 6.45) is 4.68. The lowest BCUT2D eigenvalue weighted by Gasteiger charge is -2.30. The summed E-state index contributed by atoms with van der Waals surface area (Å²) in [6.45, 7) is 0. The third-order valence-corrected chi connectivity index (χ3v) is 5.49. The van der Waals surface area contributed by atoms with Crippen LogP contribution in [0.1, 0.15) is 32.1 Å². The highest BCUT2D eigenvalue weighted by atomic mass is 32.2. The predicted octanol–water partition coefficient (Wildman–Crippen LogP) is 2.92. The standard InChI is InChI=1S/C13H17F2NO2S/c1-16(12-5-3-2-4-6-12)19(17,18)13-8-10(14)7-11(15)9-13/h7-9,12H,2-6H2,1H3. The van der Waals surface area contributed by atoms with E-state index in [2.05, 4.69) is 0 Å². The molecule has 2 rings (SSSR count). The summed E-state index contributed by atoms with van der Waals surface area (Å²) < 4.78 is 52.2. The Labute approximate surface area is 112 Å². The third kappa shape index (κ3) is 3.12. The van der Waals surface area contributed by atoms with Crippen LogP contribution in [0.5, 0.6) is 0 Å². The Morgan fingerprint density at radius 2 is 1.58 bits per heavy atom. The van der Waals surface area contributed by atoms with Crippen LogP contribution in [0.2, 0.25) is 0 Å². The largest absolute Gasteiger partial charge is 0.243 e. The number of hydrogen-bond donors (Lipinski definition) is 0. The molecule has 1 aliphatic carbocycles. The molecule has 0 aliphatic heterocycles. The van der Waals surface area contributed by atoms with E-state index in [1.807, 2.05) is 0 Å². The summed E-state index contributed by atoms with van der Waals surface area (Å²) in [5.41, 5.74) is 0. The van der Waals surface area contributed by atoms with Crippen molar-refractivity contribution < 1.29 is 17.2 Å². The van der Waals surface area contributed by atoms with Crippen molar-refractivity contribution in [2.24, 2.45) is 0 Å². The van der Waals surface area contributed by atoms with Crippen molar-refractivity contribution in [3.05, 3.63) is 29.8 Å². The SMILES string of the molecule is CN(C1CCCCC1)S(=O)(=O)c1cc(F)cc(F)c1. The van der Waals surface area contributed by atoms with E-state index in [-0.39, 0.29) is 10.9 Å². The lowest BCUT2D eigenvalue weighted by atomic mass is 9.96. The number of rotatable bonds is 3. The van der Waals surface area contributed by atoms with Crippen LogP contribution in [0, 0.1) is 11.6 Å². The van der Waals surface area contributed by atoms with Gasteiger partial charge in [-0.15, -0.1) is 0 Å². The van der Waals surface area contributed by atoms with Gasteiger partial charge < -0.3 is 0 Å². The van der Waals surface area contributed by atoms with E-state index >= 15 is 0 Å². The molecule has 0 amide bonds. The average Bonchev–Trinajstić information content (AvgIpc) is 2.37. The highest BCUT2D eigenvalue weighted by Gasteiger charge is 2.29. The molecule has 0 atom stereocenters. The second-order valence-electron chi connectivity index (χ2n) is 4.92. The van der Waals surface area contributed by atoms with Crippen LogP contribution in [-0.2, 0) is 10.0 Å². The fraction of sp³-hybridized carbons (Fsp3) is 0.538. The normalized spacial score (nSPS) is 17.9. The van der Waals surface area contributed by atoms with Gasteiger partial charge in [0, 0.05) is 19.2 Å². The van der Waals surface area contributed by atoms with Crippen molar-refractivity contribution in [2.45, 2.75) is 43.0 Å². The van der Waals surface area contributed by atoms with Crippen molar-refractivity contribution in [1.82, 2.24) is 4.31 Å². The number of sulfonamides is 1. The fourth-order valence-corrected chi connectivity index (χ4v) is 3.94. The first kappa shape index (κ1) is 14.4. The second kappa shape index (κ2) is 5.54. The van der Waals surface area contributed by atoms with E-state index in [0.29, 0.717) is 6.07 Å². The molecule has 0 radical (unpaired) electrons. The first-order chi connectivity index (χ1) is 8.91. The monoisotopic (exact) mass is 289 g/mol. The maximum atomic E-state index is 13.1. The van der Waals surface area contributed by atoms with E-state index in [1.54, 1.807) is 0 Å². The van der Waals surface area contributed by atoms with Crippen LogP contribution in [-0.4, -0.2) is 25.8 Å². The molecule has 0 bridgehead atoms. The average molecular weight is 289 g/mol. The van der Waals surface area contributed by atoms with Gasteiger partial charge in [0.1, 0.15) is 11.6 Å². The summed E-state index contributed by atoms with van der Waals surface area (Å²) >= 11 is 0. The zero-order chi connectivity index (χ0) is 14.0. The molecule has 0 spiro atoms. The fourth-order valence-electron chi connectivity index (χ4n) is 2.48. The molecule has 6 heteroatoms. The minimum atomic E-state index is -3.83. The minimum absolute atomic E-state index is 0.0786. The Morgan fingerprint density at radius 1 is 1.05 bits per heavy atom. The van der Waals surface area contributed by atoms with Crippen LogP contribution in [0.4, 0.5) is 8.78 Å². The molecule has 1 aromatic carbocycles. The van der Waals surface area contributed by atoms with Gasteiger partial charge in [-0.25, -0.2) is 17.2 Å². The molecule has 1 fully saturated rings. The van der Waals surface area contributed by atoms with E-state index < -0.39 is 21.7 Å². The molecule has 1 aliphatic rings. The van der Waals surface area contributed by atoms with Crippen molar-refractivity contribution >= 4 is 10.0 Å². The molecular weight excluding hydrogens is 272 g/mol. The zero-order valence-electron chi connectivity index (χ0n) is 10.8. The van der Waals surface area contributed by atoms with Crippen LogP contribution < -0.4 is 0 Å². The molecule has 19 heavy (non-hydrogen) atoms. The van der Waals surface area contributed by atoms with Gasteiger partial charge >= 0.3 is 0 Å². The van der Waals surface area contributed by atoms with Gasteiger partial charge in [-0.3, -0.25) is 0 Å². The van der Waals surface area contributed by atoms with E-state index in [0.717, 1.165) is 44.2 Å². The molecule has 1 aromatic rings. The Kier molecular flexibility index (Phi) is 4.20. The molecule has 106 valence electrons. The summed E-state index contributed by atoms with van der Waals surface area (Å²) in [5, 5.41) is 0. The van der Waals surface area contributed by atoms with Crippen molar-refractivity contribution in [1.29, 1.82) is 0 Å². The Hall–Kier alpha value is -1.01. The highest BCUT2D eigenvalue weighted by Crippen LogP contribution is 2.26. The van der Waals surface area contributed by atoms with Crippen molar-refractivity contribution in [3.8, 4) is 0 Å². The predicted molar refractivity (Wildman–Crippen MR) is 68.2 cm³/mol. The van der Waals surface area contributed by atoms with Crippen LogP contribution in [0.25, 0.3) is 0 Å². The molecule has 3 nitrogen and oxygen atoms in total. The maximum absolute atomic E-state index is 13.1. The number of hydrogen-bond acceptors (Lipinski definition) is 2. The van der Waals surface area contributed by atoms with Gasteiger partial charge in [0.05, 0.1) is 4.90 Å². The molecular formula is C13H17F2NO2S. The summed E-state index contributed by atoms with van der Waals surface area (Å²) in [4.78, 5) is -0.321.